The van der Waals surface area contributed by atoms with E-state index in [2.05, 4.69) is 9.97 Å². The lowest BCUT2D eigenvalue weighted by atomic mass is 9.85. The molecule has 2 fully saturated rings. The number of fused-ring (bicyclic) bond motifs is 1. The Morgan fingerprint density at radius 2 is 1.83 bits per heavy atom. The third kappa shape index (κ3) is 4.75. The maximum atomic E-state index is 13.8. The minimum Gasteiger partial charge on any atom is -0.375 e. The summed E-state index contributed by atoms with van der Waals surface area (Å²) in [6, 6.07) is 15.5. The molecule has 0 spiro atoms. The molecule has 186 valence electrons. The minimum atomic E-state index is -0.291. The predicted octanol–water partition coefficient (Wildman–Crippen LogP) is 4.12. The number of carbonyl (C=O) groups is 2. The van der Waals surface area contributed by atoms with Crippen LogP contribution in [0.2, 0.25) is 0 Å². The molecule has 2 amide bonds. The zero-order chi connectivity index (χ0) is 25.1. The quantitative estimate of drug-likeness (QED) is 0.526. The highest BCUT2D eigenvalue weighted by Gasteiger charge is 2.47. The molecule has 0 aliphatic carbocycles. The first-order chi connectivity index (χ1) is 17.6. The largest absolute Gasteiger partial charge is 0.375 e. The third-order valence-corrected chi connectivity index (χ3v) is 7.34. The lowest BCUT2D eigenvalue weighted by molar-refractivity contribution is -0.144. The second kappa shape index (κ2) is 10.6. The van der Waals surface area contributed by atoms with E-state index in [0.717, 1.165) is 23.1 Å². The lowest BCUT2D eigenvalue weighted by Crippen LogP contribution is -2.56. The van der Waals surface area contributed by atoms with Crippen molar-refractivity contribution in [3.8, 4) is 11.3 Å². The highest BCUT2D eigenvalue weighted by Crippen LogP contribution is 2.36. The van der Waals surface area contributed by atoms with Crippen molar-refractivity contribution < 1.29 is 14.3 Å². The molecule has 1 aromatic carbocycles. The molecule has 3 aromatic rings. The normalized spacial score (nSPS) is 21.2. The average molecular weight is 485 g/mol. The first-order valence-electron chi connectivity index (χ1n) is 12.7. The number of pyridine rings is 2. The molecule has 2 aromatic heterocycles. The van der Waals surface area contributed by atoms with Gasteiger partial charge < -0.3 is 14.5 Å². The zero-order valence-electron chi connectivity index (χ0n) is 20.8. The first kappa shape index (κ1) is 24.1. The Hall–Kier alpha value is -3.58. The van der Waals surface area contributed by atoms with Crippen LogP contribution in [-0.4, -0.2) is 63.4 Å². The lowest BCUT2D eigenvalue weighted by Gasteiger charge is -2.42. The summed E-state index contributed by atoms with van der Waals surface area (Å²) in [5.74, 6) is -0.206. The van der Waals surface area contributed by atoms with Gasteiger partial charge in [0.05, 0.1) is 29.3 Å². The molecule has 0 N–H and O–H groups in total. The van der Waals surface area contributed by atoms with Crippen molar-refractivity contribution in [2.45, 2.75) is 45.4 Å². The van der Waals surface area contributed by atoms with Crippen LogP contribution in [0.25, 0.3) is 11.3 Å². The first-order valence-corrected chi connectivity index (χ1v) is 12.7. The molecule has 2 aliphatic rings. The van der Waals surface area contributed by atoms with Crippen LogP contribution < -0.4 is 0 Å². The second-order valence-corrected chi connectivity index (χ2v) is 9.56. The second-order valence-electron chi connectivity index (χ2n) is 9.56. The predicted molar refractivity (Wildman–Crippen MR) is 137 cm³/mol. The molecular weight excluding hydrogens is 452 g/mol. The Balaban J connectivity index is 1.36. The molecule has 3 atom stereocenters. The summed E-state index contributed by atoms with van der Waals surface area (Å²) in [5.41, 5.74) is 4.40. The smallest absolute Gasteiger partial charge is 0.256 e. The van der Waals surface area contributed by atoms with Gasteiger partial charge in [-0.3, -0.25) is 19.6 Å². The maximum absolute atomic E-state index is 13.8. The van der Waals surface area contributed by atoms with E-state index in [4.69, 9.17) is 4.74 Å². The van der Waals surface area contributed by atoms with E-state index in [0.29, 0.717) is 43.9 Å². The van der Waals surface area contributed by atoms with Gasteiger partial charge in [-0.2, -0.15) is 0 Å². The molecule has 2 aliphatic heterocycles. The fourth-order valence-corrected chi connectivity index (χ4v) is 5.40. The summed E-state index contributed by atoms with van der Waals surface area (Å²) in [6.07, 6.45) is 6.24. The van der Waals surface area contributed by atoms with Crippen molar-refractivity contribution in [2.75, 3.05) is 19.7 Å². The number of hydrogen-bond acceptors (Lipinski definition) is 5. The van der Waals surface area contributed by atoms with Crippen molar-refractivity contribution in [1.29, 1.82) is 0 Å². The van der Waals surface area contributed by atoms with E-state index in [9.17, 15) is 9.59 Å². The van der Waals surface area contributed by atoms with Crippen molar-refractivity contribution >= 4 is 11.8 Å². The number of rotatable bonds is 6. The van der Waals surface area contributed by atoms with Gasteiger partial charge in [0, 0.05) is 50.4 Å². The van der Waals surface area contributed by atoms with Crippen molar-refractivity contribution in [2.24, 2.45) is 5.92 Å². The van der Waals surface area contributed by atoms with Crippen LogP contribution in [0, 0.1) is 12.8 Å². The average Bonchev–Trinajstić information content (AvgIpc) is 3.42. The van der Waals surface area contributed by atoms with Crippen molar-refractivity contribution in [3.05, 3.63) is 83.8 Å². The van der Waals surface area contributed by atoms with Gasteiger partial charge in [-0.25, -0.2) is 0 Å². The molecule has 4 heterocycles. The molecule has 2 saturated heterocycles. The van der Waals surface area contributed by atoms with Gasteiger partial charge in [0.2, 0.25) is 5.91 Å². The maximum Gasteiger partial charge on any atom is 0.256 e. The molecule has 5 rings (SSSR count). The topological polar surface area (TPSA) is 75.6 Å². The zero-order valence-corrected chi connectivity index (χ0v) is 20.8. The van der Waals surface area contributed by atoms with E-state index in [1.807, 2.05) is 72.2 Å². The van der Waals surface area contributed by atoms with E-state index >= 15 is 0 Å². The molecule has 0 bridgehead atoms. The number of aryl methyl sites for hydroxylation is 1. The molecule has 0 saturated carbocycles. The highest BCUT2D eigenvalue weighted by molar-refractivity contribution is 6.00. The minimum absolute atomic E-state index is 0.0470. The van der Waals surface area contributed by atoms with Crippen LogP contribution in [0.3, 0.4) is 0 Å². The molecule has 36 heavy (non-hydrogen) atoms. The van der Waals surface area contributed by atoms with Gasteiger partial charge in [0.25, 0.3) is 5.91 Å². The molecule has 0 unspecified atom stereocenters. The summed E-state index contributed by atoms with van der Waals surface area (Å²) in [7, 11) is 0. The number of ether oxygens (including phenoxy) is 1. The van der Waals surface area contributed by atoms with Crippen LogP contribution in [0.15, 0.2) is 67.1 Å². The Labute approximate surface area is 212 Å². The van der Waals surface area contributed by atoms with E-state index in [-0.39, 0.29) is 29.9 Å². The van der Waals surface area contributed by atoms with Crippen molar-refractivity contribution in [1.82, 2.24) is 19.8 Å². The van der Waals surface area contributed by atoms with Crippen LogP contribution in [0.1, 0.15) is 41.3 Å². The Morgan fingerprint density at radius 3 is 2.58 bits per heavy atom. The molecular formula is C29H32N4O3. The van der Waals surface area contributed by atoms with Crippen LogP contribution in [0.4, 0.5) is 0 Å². The standard InChI is InChI=1S/C29H32N4O3/c1-3-32(19-21-10-15-30-16-11-21)28(34)24-12-17-33(25-13-18-36-27(24)25)29(35)23-5-4-14-31-26(23)22-8-6-20(2)7-9-22/h4-11,14-16,24-25,27H,3,12-13,17-19H2,1-2H3/t24-,25-,27-/m1/s1. The van der Waals surface area contributed by atoms with Gasteiger partial charge in [-0.1, -0.05) is 29.8 Å². The number of aromatic nitrogens is 2. The number of piperidine rings is 1. The summed E-state index contributed by atoms with van der Waals surface area (Å²) in [6.45, 7) is 6.28. The van der Waals surface area contributed by atoms with Gasteiger partial charge in [0.1, 0.15) is 0 Å². The van der Waals surface area contributed by atoms with Crippen LogP contribution in [-0.2, 0) is 16.1 Å². The number of likely N-dealkylation sites (tertiary alicyclic amines) is 1. The number of amides is 2. The Morgan fingerprint density at radius 1 is 1.06 bits per heavy atom. The SMILES string of the molecule is CCN(Cc1ccncc1)C(=O)[C@@H]1CCN(C(=O)c2cccnc2-c2ccc(C)cc2)[C@@H]2CCO[C@@H]21. The fourth-order valence-electron chi connectivity index (χ4n) is 5.40. The Kier molecular flexibility index (Phi) is 7.09. The van der Waals surface area contributed by atoms with Crippen LogP contribution >= 0.6 is 0 Å². The van der Waals surface area contributed by atoms with Gasteiger partial charge >= 0.3 is 0 Å². The monoisotopic (exact) mass is 484 g/mol. The van der Waals surface area contributed by atoms with Gasteiger partial charge in [0.15, 0.2) is 0 Å². The summed E-state index contributed by atoms with van der Waals surface area (Å²) < 4.78 is 6.11. The summed E-state index contributed by atoms with van der Waals surface area (Å²) in [5, 5.41) is 0. The van der Waals surface area contributed by atoms with E-state index in [1.165, 1.54) is 0 Å². The fraction of sp³-hybridized carbons (Fsp3) is 0.379. The number of benzene rings is 1. The Bertz CT molecular complexity index is 1210. The summed E-state index contributed by atoms with van der Waals surface area (Å²) in [4.78, 5) is 39.9. The number of hydrogen-bond donors (Lipinski definition) is 0. The molecule has 0 radical (unpaired) electrons. The number of nitrogens with zero attached hydrogens (tertiary/aromatic N) is 4. The molecule has 7 heteroatoms. The van der Waals surface area contributed by atoms with Crippen LogP contribution in [0.5, 0.6) is 0 Å². The highest BCUT2D eigenvalue weighted by atomic mass is 16.5. The van der Waals surface area contributed by atoms with Gasteiger partial charge in [-0.05, 0) is 56.5 Å². The molecule has 7 nitrogen and oxygen atoms in total. The van der Waals surface area contributed by atoms with Crippen molar-refractivity contribution in [3.63, 3.8) is 0 Å². The number of carbonyl (C=O) groups excluding carboxylic acids is 2. The van der Waals surface area contributed by atoms with E-state index < -0.39 is 0 Å². The van der Waals surface area contributed by atoms with E-state index in [1.54, 1.807) is 18.6 Å². The van der Waals surface area contributed by atoms with Gasteiger partial charge in [-0.15, -0.1) is 0 Å². The summed E-state index contributed by atoms with van der Waals surface area (Å²) >= 11 is 0. The third-order valence-electron chi connectivity index (χ3n) is 7.34.